The third-order valence-electron chi connectivity index (χ3n) is 10.8. The Bertz CT molecular complexity index is 1500. The first-order chi connectivity index (χ1) is 23.5. The van der Waals surface area contributed by atoms with Crippen LogP contribution >= 0.6 is 46.2 Å². The van der Waals surface area contributed by atoms with Gasteiger partial charge < -0.3 is 10.2 Å². The van der Waals surface area contributed by atoms with E-state index in [9.17, 15) is 10.2 Å². The normalized spacial score (nSPS) is 22.2. The number of aliphatic hydroxyl groups is 2. The van der Waals surface area contributed by atoms with E-state index in [1.165, 1.54) is 106 Å². The molecule has 2 aromatic carbocycles. The van der Waals surface area contributed by atoms with Crippen LogP contribution in [0.5, 0.6) is 0 Å². The Morgan fingerprint density at radius 3 is 1.35 bits per heavy atom. The molecule has 256 valence electrons. The largest absolute Gasteiger partial charge is 0.387 e. The molecule has 48 heavy (non-hydrogen) atoms. The van der Waals surface area contributed by atoms with Crippen LogP contribution in [0.1, 0.15) is 144 Å². The molecule has 2 aliphatic heterocycles. The molecule has 0 radical (unpaired) electrons. The van der Waals surface area contributed by atoms with Crippen molar-refractivity contribution in [1.82, 2.24) is 0 Å². The maximum Gasteiger partial charge on any atom is 0.0922 e. The van der Waals surface area contributed by atoms with Gasteiger partial charge in [0.2, 0.25) is 0 Å². The lowest BCUT2D eigenvalue weighted by atomic mass is 9.80. The van der Waals surface area contributed by atoms with Crippen LogP contribution in [0.3, 0.4) is 0 Å². The van der Waals surface area contributed by atoms with Crippen molar-refractivity contribution in [2.45, 2.75) is 148 Å². The van der Waals surface area contributed by atoms with Gasteiger partial charge in [0.15, 0.2) is 0 Å². The van der Waals surface area contributed by atoms with E-state index < -0.39 is 12.2 Å². The van der Waals surface area contributed by atoms with E-state index in [1.54, 1.807) is 0 Å². The van der Waals surface area contributed by atoms with Crippen molar-refractivity contribution in [1.29, 1.82) is 0 Å². The molecule has 1 aliphatic carbocycles. The lowest BCUT2D eigenvalue weighted by Crippen LogP contribution is -2.28. The third kappa shape index (κ3) is 8.00. The molecule has 2 nitrogen and oxygen atoms in total. The van der Waals surface area contributed by atoms with Crippen molar-refractivity contribution in [3.8, 4) is 0 Å². The predicted molar refractivity (Wildman–Crippen MR) is 209 cm³/mol. The summed E-state index contributed by atoms with van der Waals surface area (Å²) in [6, 6.07) is 22.5. The Labute approximate surface area is 305 Å². The molecular formula is C42H52O2S4. The molecule has 4 heterocycles. The number of thiophene rings is 2. The quantitative estimate of drug-likeness (QED) is 0.113. The molecule has 0 saturated heterocycles. The van der Waals surface area contributed by atoms with Crippen LogP contribution in [0, 0.1) is 0 Å². The van der Waals surface area contributed by atoms with Gasteiger partial charge in [0, 0.05) is 64.5 Å². The lowest BCUT2D eigenvalue weighted by molar-refractivity contribution is 0.182. The van der Waals surface area contributed by atoms with E-state index in [2.05, 4.69) is 98.0 Å². The van der Waals surface area contributed by atoms with Gasteiger partial charge in [-0.3, -0.25) is 0 Å². The van der Waals surface area contributed by atoms with Crippen molar-refractivity contribution < 1.29 is 10.2 Å². The van der Waals surface area contributed by atoms with Crippen molar-refractivity contribution in [3.05, 3.63) is 102 Å². The molecule has 3 aliphatic rings. The van der Waals surface area contributed by atoms with Gasteiger partial charge in [-0.25, -0.2) is 0 Å². The number of thioether (sulfide) groups is 2. The van der Waals surface area contributed by atoms with Crippen LogP contribution in [-0.2, 0) is 25.7 Å². The highest BCUT2D eigenvalue weighted by molar-refractivity contribution is 8.01. The van der Waals surface area contributed by atoms with E-state index in [0.29, 0.717) is 35.2 Å². The van der Waals surface area contributed by atoms with Gasteiger partial charge >= 0.3 is 0 Å². The van der Waals surface area contributed by atoms with Crippen molar-refractivity contribution in [2.24, 2.45) is 0 Å². The summed E-state index contributed by atoms with van der Waals surface area (Å²) in [4.78, 5) is 8.17. The van der Waals surface area contributed by atoms with Gasteiger partial charge in [0.05, 0.1) is 12.2 Å². The first-order valence-electron chi connectivity index (χ1n) is 18.6. The van der Waals surface area contributed by atoms with Crippen molar-refractivity contribution in [3.63, 3.8) is 0 Å². The minimum atomic E-state index is -0.433. The van der Waals surface area contributed by atoms with Crippen LogP contribution in [0.15, 0.2) is 70.5 Å². The second-order valence-electron chi connectivity index (χ2n) is 14.4. The highest BCUT2D eigenvalue weighted by atomic mass is 32.2. The summed E-state index contributed by atoms with van der Waals surface area (Å²) in [5.41, 5.74) is 5.28. The smallest absolute Gasteiger partial charge is 0.0922 e. The zero-order valence-corrected chi connectivity index (χ0v) is 31.9. The second kappa shape index (κ2) is 16.2. The second-order valence-corrected chi connectivity index (χ2v) is 19.2. The fraction of sp³-hybridized carbons (Fsp3) is 0.524. The molecule has 6 atom stereocenters. The fourth-order valence-corrected chi connectivity index (χ4v) is 14.3. The van der Waals surface area contributed by atoms with Gasteiger partial charge in [-0.1, -0.05) is 101 Å². The standard InChI is InChI=1S/C42H52O2S4/c1-3-5-7-9-11-27-13-17-29(18-14-27)21-33(43)37-25-39-41(47-37)31-23-36-32(24-35(31)45-39)42-40(46-36)26-38(48-42)34(44)22-30-19-15-28(16-20-30)12-10-8-6-4-2/h13-20,25-26,31-36,43-44H,3-12,21-24H2,1-2H3. The molecule has 0 bridgehead atoms. The Balaban J connectivity index is 0.921. The maximum absolute atomic E-state index is 11.2. The molecule has 0 amide bonds. The van der Waals surface area contributed by atoms with E-state index >= 15 is 0 Å². The van der Waals surface area contributed by atoms with Crippen LogP contribution in [0.2, 0.25) is 0 Å². The molecule has 1 fully saturated rings. The van der Waals surface area contributed by atoms with Gasteiger partial charge in [0.25, 0.3) is 0 Å². The molecule has 6 unspecified atom stereocenters. The Kier molecular flexibility index (Phi) is 11.8. The summed E-state index contributed by atoms with van der Waals surface area (Å²) in [7, 11) is 0. The number of hydrogen-bond donors (Lipinski definition) is 2. The number of aryl methyl sites for hydroxylation is 2. The van der Waals surface area contributed by atoms with Crippen molar-refractivity contribution >= 4 is 46.2 Å². The monoisotopic (exact) mass is 716 g/mol. The van der Waals surface area contributed by atoms with Gasteiger partial charge in [-0.15, -0.1) is 46.2 Å². The molecule has 2 aromatic heterocycles. The van der Waals surface area contributed by atoms with Crippen LogP contribution in [-0.4, -0.2) is 20.7 Å². The first-order valence-corrected chi connectivity index (χ1v) is 22.0. The van der Waals surface area contributed by atoms with Crippen LogP contribution in [0.4, 0.5) is 0 Å². The Hall–Kier alpha value is -1.54. The van der Waals surface area contributed by atoms with E-state index in [0.717, 1.165) is 22.6 Å². The van der Waals surface area contributed by atoms with Crippen LogP contribution < -0.4 is 0 Å². The number of rotatable bonds is 16. The topological polar surface area (TPSA) is 40.5 Å². The van der Waals surface area contributed by atoms with E-state index in [1.807, 2.05) is 22.7 Å². The molecule has 6 heteroatoms. The molecule has 7 rings (SSSR count). The number of unbranched alkanes of at least 4 members (excludes halogenated alkanes) is 6. The zero-order chi connectivity index (χ0) is 33.0. The highest BCUT2D eigenvalue weighted by Gasteiger charge is 2.48. The van der Waals surface area contributed by atoms with E-state index in [-0.39, 0.29) is 0 Å². The summed E-state index contributed by atoms with van der Waals surface area (Å²) in [6.45, 7) is 4.52. The average Bonchev–Trinajstić information content (AvgIpc) is 3.85. The van der Waals surface area contributed by atoms with Crippen LogP contribution in [0.25, 0.3) is 0 Å². The Morgan fingerprint density at radius 2 is 0.958 bits per heavy atom. The summed E-state index contributed by atoms with van der Waals surface area (Å²) < 4.78 is 0. The zero-order valence-electron chi connectivity index (χ0n) is 28.7. The van der Waals surface area contributed by atoms with Gasteiger partial charge in [0.1, 0.15) is 0 Å². The number of fused-ring (bicyclic) bond motifs is 6. The minimum absolute atomic E-state index is 0.433. The number of hydrogen-bond acceptors (Lipinski definition) is 6. The SMILES string of the molecule is CCCCCCc1ccc(CC(O)c2cc3c(s2)C2CC4Sc5cc(C(O)Cc6ccc(CCCCCC)cc6)sc5C4CC2S3)cc1. The molecule has 1 saturated carbocycles. The number of aliphatic hydroxyl groups excluding tert-OH is 2. The van der Waals surface area contributed by atoms with Crippen molar-refractivity contribution in [2.75, 3.05) is 0 Å². The highest BCUT2D eigenvalue weighted by Crippen LogP contribution is 2.64. The van der Waals surface area contributed by atoms with Gasteiger partial charge in [-0.2, -0.15) is 0 Å². The number of benzene rings is 2. The van der Waals surface area contributed by atoms with E-state index in [4.69, 9.17) is 0 Å². The maximum atomic E-state index is 11.2. The first kappa shape index (κ1) is 34.9. The fourth-order valence-electron chi connectivity index (χ4n) is 7.96. The lowest BCUT2D eigenvalue weighted by Gasteiger charge is -2.34. The molecular weight excluding hydrogens is 665 g/mol. The summed E-state index contributed by atoms with van der Waals surface area (Å²) in [6.07, 6.45) is 15.6. The Morgan fingerprint density at radius 1 is 0.562 bits per heavy atom. The predicted octanol–water partition coefficient (Wildman–Crippen LogP) is 12.2. The third-order valence-corrected chi connectivity index (χ3v) is 16.6. The van der Waals surface area contributed by atoms with Gasteiger partial charge in [-0.05, 0) is 72.9 Å². The molecule has 2 N–H and O–H groups in total. The molecule has 0 spiro atoms. The summed E-state index contributed by atoms with van der Waals surface area (Å²) in [5, 5.41) is 23.7. The molecule has 4 aromatic rings. The summed E-state index contributed by atoms with van der Waals surface area (Å²) >= 11 is 7.89. The summed E-state index contributed by atoms with van der Waals surface area (Å²) in [5.74, 6) is 1.20. The minimum Gasteiger partial charge on any atom is -0.387 e. The average molecular weight is 717 g/mol.